The molecule has 114 valence electrons. The van der Waals surface area contributed by atoms with Crippen LogP contribution in [0.25, 0.3) is 11.5 Å². The molecule has 22 heavy (non-hydrogen) atoms. The molecular formula is C15H14ClN3O3. The molecule has 2 aromatic rings. The van der Waals surface area contributed by atoms with Gasteiger partial charge < -0.3 is 14.6 Å². The molecule has 1 fully saturated rings. The summed E-state index contributed by atoms with van der Waals surface area (Å²) in [5.41, 5.74) is 1.33. The summed E-state index contributed by atoms with van der Waals surface area (Å²) in [6.45, 7) is 1.10. The zero-order chi connectivity index (χ0) is 15.5. The molecule has 1 aromatic heterocycles. The molecule has 2 amide bonds. The van der Waals surface area contributed by atoms with Crippen molar-refractivity contribution in [1.82, 2.24) is 15.2 Å². The standard InChI is InChI=1S/C15H14ClN3O3/c16-11-3-1-10(2-4-11)15-18-12(9-22-15)7-14(21)19-6-5-17-13(20)8-19/h1-4,9H,5-8H2,(H,17,20). The van der Waals surface area contributed by atoms with Gasteiger partial charge in [-0.05, 0) is 24.3 Å². The molecule has 1 N–H and O–H groups in total. The number of carbonyl (C=O) groups is 2. The molecule has 1 aliphatic rings. The largest absolute Gasteiger partial charge is 0.444 e. The molecule has 2 heterocycles. The Balaban J connectivity index is 1.67. The van der Waals surface area contributed by atoms with E-state index in [1.54, 1.807) is 24.3 Å². The fourth-order valence-corrected chi connectivity index (χ4v) is 2.36. The Hall–Kier alpha value is -2.34. The van der Waals surface area contributed by atoms with E-state index in [9.17, 15) is 9.59 Å². The van der Waals surface area contributed by atoms with Crippen molar-refractivity contribution in [2.45, 2.75) is 6.42 Å². The van der Waals surface area contributed by atoms with Crippen molar-refractivity contribution in [2.75, 3.05) is 19.6 Å². The normalized spacial score (nSPS) is 14.8. The summed E-state index contributed by atoms with van der Waals surface area (Å²) in [6.07, 6.45) is 1.58. The van der Waals surface area contributed by atoms with Crippen molar-refractivity contribution < 1.29 is 14.0 Å². The molecule has 1 aromatic carbocycles. The van der Waals surface area contributed by atoms with Crippen molar-refractivity contribution >= 4 is 23.4 Å². The van der Waals surface area contributed by atoms with Crippen molar-refractivity contribution in [3.63, 3.8) is 0 Å². The van der Waals surface area contributed by atoms with Gasteiger partial charge in [-0.2, -0.15) is 0 Å². The first-order valence-electron chi connectivity index (χ1n) is 6.86. The molecule has 0 aliphatic carbocycles. The monoisotopic (exact) mass is 319 g/mol. The van der Waals surface area contributed by atoms with Crippen LogP contribution in [-0.2, 0) is 16.0 Å². The van der Waals surface area contributed by atoms with E-state index in [0.717, 1.165) is 5.56 Å². The van der Waals surface area contributed by atoms with Gasteiger partial charge in [0.15, 0.2) is 0 Å². The summed E-state index contributed by atoms with van der Waals surface area (Å²) in [6, 6.07) is 7.10. The van der Waals surface area contributed by atoms with E-state index in [1.807, 2.05) is 0 Å². The lowest BCUT2D eigenvalue weighted by Crippen LogP contribution is -2.50. The first-order chi connectivity index (χ1) is 10.6. The predicted molar refractivity (Wildman–Crippen MR) is 80.2 cm³/mol. The van der Waals surface area contributed by atoms with Gasteiger partial charge in [0.05, 0.1) is 18.7 Å². The maximum absolute atomic E-state index is 12.2. The Morgan fingerprint density at radius 1 is 1.36 bits per heavy atom. The highest BCUT2D eigenvalue weighted by molar-refractivity contribution is 6.30. The number of rotatable bonds is 3. The van der Waals surface area contributed by atoms with Crippen LogP contribution in [0.4, 0.5) is 0 Å². The Morgan fingerprint density at radius 3 is 2.86 bits per heavy atom. The van der Waals surface area contributed by atoms with Crippen LogP contribution in [0.1, 0.15) is 5.69 Å². The predicted octanol–water partition coefficient (Wildman–Crippen LogP) is 1.50. The van der Waals surface area contributed by atoms with Gasteiger partial charge in [0.1, 0.15) is 6.26 Å². The van der Waals surface area contributed by atoms with E-state index in [1.165, 1.54) is 11.2 Å². The average Bonchev–Trinajstić information content (AvgIpc) is 2.96. The quantitative estimate of drug-likeness (QED) is 0.930. The van der Waals surface area contributed by atoms with Crippen molar-refractivity contribution in [2.24, 2.45) is 0 Å². The molecule has 0 saturated carbocycles. The fraction of sp³-hybridized carbons (Fsp3) is 0.267. The molecule has 7 heteroatoms. The van der Waals surface area contributed by atoms with Gasteiger partial charge in [-0.3, -0.25) is 9.59 Å². The number of carbonyl (C=O) groups excluding carboxylic acids is 2. The Morgan fingerprint density at radius 2 is 2.14 bits per heavy atom. The maximum atomic E-state index is 12.2. The third-order valence-corrected chi connectivity index (χ3v) is 3.62. The van der Waals surface area contributed by atoms with Crippen LogP contribution in [0.5, 0.6) is 0 Å². The number of nitrogens with one attached hydrogen (secondary N) is 1. The number of hydrogen-bond donors (Lipinski definition) is 1. The number of hydrogen-bond acceptors (Lipinski definition) is 4. The van der Waals surface area contributed by atoms with Crippen LogP contribution in [0.3, 0.4) is 0 Å². The summed E-state index contributed by atoms with van der Waals surface area (Å²) in [5, 5.41) is 3.32. The Kier molecular flexibility index (Phi) is 4.11. The highest BCUT2D eigenvalue weighted by atomic mass is 35.5. The summed E-state index contributed by atoms with van der Waals surface area (Å²) in [7, 11) is 0. The molecule has 0 radical (unpaired) electrons. The van der Waals surface area contributed by atoms with Gasteiger partial charge >= 0.3 is 0 Å². The second-order valence-corrected chi connectivity index (χ2v) is 5.43. The lowest BCUT2D eigenvalue weighted by Gasteiger charge is -2.26. The summed E-state index contributed by atoms with van der Waals surface area (Å²) in [4.78, 5) is 29.3. The minimum Gasteiger partial charge on any atom is -0.444 e. The van der Waals surface area contributed by atoms with Gasteiger partial charge in [0.2, 0.25) is 17.7 Å². The molecule has 0 spiro atoms. The lowest BCUT2D eigenvalue weighted by molar-refractivity contribution is -0.137. The average molecular weight is 320 g/mol. The number of aromatic nitrogens is 1. The molecule has 1 aliphatic heterocycles. The van der Waals surface area contributed by atoms with Gasteiger partial charge in [-0.1, -0.05) is 11.6 Å². The second-order valence-electron chi connectivity index (χ2n) is 4.99. The van der Waals surface area contributed by atoms with E-state index in [-0.39, 0.29) is 24.8 Å². The molecule has 0 unspecified atom stereocenters. The number of oxazole rings is 1. The van der Waals surface area contributed by atoms with Crippen LogP contribution in [0, 0.1) is 0 Å². The first kappa shape index (κ1) is 14.6. The minimum absolute atomic E-state index is 0.0979. The second kappa shape index (κ2) is 6.19. The summed E-state index contributed by atoms with van der Waals surface area (Å²) in [5.74, 6) is 0.170. The van der Waals surface area contributed by atoms with Gasteiger partial charge in [-0.25, -0.2) is 4.98 Å². The molecule has 0 bridgehead atoms. The van der Waals surface area contributed by atoms with Crippen molar-refractivity contribution in [3.8, 4) is 11.5 Å². The van der Waals surface area contributed by atoms with Crippen LogP contribution < -0.4 is 5.32 Å². The third-order valence-electron chi connectivity index (χ3n) is 3.37. The van der Waals surface area contributed by atoms with Crippen molar-refractivity contribution in [3.05, 3.63) is 41.2 Å². The van der Waals surface area contributed by atoms with Crippen LogP contribution >= 0.6 is 11.6 Å². The highest BCUT2D eigenvalue weighted by Crippen LogP contribution is 2.21. The highest BCUT2D eigenvalue weighted by Gasteiger charge is 2.22. The topological polar surface area (TPSA) is 75.4 Å². The number of nitrogens with zero attached hydrogens (tertiary/aromatic N) is 2. The zero-order valence-corrected chi connectivity index (χ0v) is 12.5. The van der Waals surface area contributed by atoms with Crippen LogP contribution in [-0.4, -0.2) is 41.3 Å². The van der Waals surface area contributed by atoms with E-state index >= 15 is 0 Å². The van der Waals surface area contributed by atoms with E-state index in [4.69, 9.17) is 16.0 Å². The fourth-order valence-electron chi connectivity index (χ4n) is 2.23. The lowest BCUT2D eigenvalue weighted by atomic mass is 10.2. The number of amides is 2. The van der Waals surface area contributed by atoms with Crippen LogP contribution in [0.15, 0.2) is 34.9 Å². The number of halogens is 1. The van der Waals surface area contributed by atoms with E-state index < -0.39 is 0 Å². The summed E-state index contributed by atoms with van der Waals surface area (Å²) < 4.78 is 5.40. The van der Waals surface area contributed by atoms with Crippen molar-refractivity contribution in [1.29, 1.82) is 0 Å². The number of benzene rings is 1. The Labute approximate surface area is 132 Å². The minimum atomic E-state index is -0.137. The number of piperazine rings is 1. The van der Waals surface area contributed by atoms with Gasteiger partial charge in [0.25, 0.3) is 0 Å². The molecular weight excluding hydrogens is 306 g/mol. The van der Waals surface area contributed by atoms with Gasteiger partial charge in [-0.15, -0.1) is 0 Å². The summed E-state index contributed by atoms with van der Waals surface area (Å²) >= 11 is 5.84. The maximum Gasteiger partial charge on any atom is 0.239 e. The molecule has 6 nitrogen and oxygen atoms in total. The molecule has 0 atom stereocenters. The first-order valence-corrected chi connectivity index (χ1v) is 7.24. The van der Waals surface area contributed by atoms with Crippen LogP contribution in [0.2, 0.25) is 5.02 Å². The van der Waals surface area contributed by atoms with E-state index in [2.05, 4.69) is 10.3 Å². The zero-order valence-electron chi connectivity index (χ0n) is 11.7. The smallest absolute Gasteiger partial charge is 0.239 e. The van der Waals surface area contributed by atoms with Gasteiger partial charge in [0, 0.05) is 23.7 Å². The molecule has 1 saturated heterocycles. The van der Waals surface area contributed by atoms with E-state index in [0.29, 0.717) is 29.7 Å². The molecule has 3 rings (SSSR count). The SMILES string of the molecule is O=C1CN(C(=O)Cc2coc(-c3ccc(Cl)cc3)n2)CCN1. The third kappa shape index (κ3) is 3.28. The Bertz CT molecular complexity index is 696.